The molecule has 8 heteroatoms. The molecule has 3 aromatic rings. The number of anilines is 1. The molecule has 1 aliphatic heterocycles. The average Bonchev–Trinajstić information content (AvgIpc) is 3.28. The number of piperazine rings is 1. The third kappa shape index (κ3) is 4.34. The number of nitrogens with one attached hydrogen (secondary N) is 2. The molecule has 28 heavy (non-hydrogen) atoms. The van der Waals surface area contributed by atoms with Gasteiger partial charge >= 0.3 is 0 Å². The van der Waals surface area contributed by atoms with Crippen LogP contribution in [-0.2, 0) is 6.54 Å². The Labute approximate surface area is 163 Å². The van der Waals surface area contributed by atoms with Gasteiger partial charge in [0.25, 0.3) is 5.91 Å². The minimum atomic E-state index is -0.104. The third-order valence-electron chi connectivity index (χ3n) is 4.83. The van der Waals surface area contributed by atoms with Gasteiger partial charge in [0, 0.05) is 44.0 Å². The normalized spacial score (nSPS) is 14.1. The van der Waals surface area contributed by atoms with Gasteiger partial charge in [0.1, 0.15) is 6.33 Å². The maximum atomic E-state index is 12.4. The van der Waals surface area contributed by atoms with Crippen molar-refractivity contribution in [1.29, 1.82) is 0 Å². The van der Waals surface area contributed by atoms with Gasteiger partial charge in [-0.15, -0.1) is 5.10 Å². The molecule has 0 bridgehead atoms. The lowest BCUT2D eigenvalue weighted by Gasteiger charge is -2.29. The molecule has 0 unspecified atom stereocenters. The Morgan fingerprint density at radius 3 is 2.64 bits per heavy atom. The van der Waals surface area contributed by atoms with Crippen molar-refractivity contribution >= 4 is 11.6 Å². The first-order chi connectivity index (χ1) is 13.8. The van der Waals surface area contributed by atoms with Gasteiger partial charge in [-0.25, -0.2) is 4.68 Å². The van der Waals surface area contributed by atoms with Crippen molar-refractivity contribution in [2.24, 2.45) is 0 Å². The SMILES string of the molecule is O=C(NCCn1cnnn1)c1cccc(-c2ccc(N3CCNCC3)cc2)c1. The molecule has 1 saturated heterocycles. The van der Waals surface area contributed by atoms with E-state index in [2.05, 4.69) is 55.3 Å². The minimum Gasteiger partial charge on any atom is -0.369 e. The summed E-state index contributed by atoms with van der Waals surface area (Å²) in [5.41, 5.74) is 4.00. The van der Waals surface area contributed by atoms with E-state index in [0.29, 0.717) is 18.7 Å². The third-order valence-corrected chi connectivity index (χ3v) is 4.83. The number of aromatic nitrogens is 4. The predicted molar refractivity (Wildman–Crippen MR) is 107 cm³/mol. The van der Waals surface area contributed by atoms with Crippen LogP contribution in [0.2, 0.25) is 0 Å². The number of tetrazole rings is 1. The van der Waals surface area contributed by atoms with Crippen molar-refractivity contribution < 1.29 is 4.79 Å². The number of nitrogens with zero attached hydrogens (tertiary/aromatic N) is 5. The largest absolute Gasteiger partial charge is 0.369 e. The van der Waals surface area contributed by atoms with Gasteiger partial charge in [-0.3, -0.25) is 4.79 Å². The van der Waals surface area contributed by atoms with Crippen molar-refractivity contribution in [3.63, 3.8) is 0 Å². The average molecular weight is 377 g/mol. The van der Waals surface area contributed by atoms with Gasteiger partial charge < -0.3 is 15.5 Å². The molecule has 1 fully saturated rings. The highest BCUT2D eigenvalue weighted by Crippen LogP contribution is 2.24. The van der Waals surface area contributed by atoms with Crippen LogP contribution in [0.3, 0.4) is 0 Å². The fourth-order valence-corrected chi connectivity index (χ4v) is 3.30. The zero-order chi connectivity index (χ0) is 19.2. The molecular weight excluding hydrogens is 354 g/mol. The van der Waals surface area contributed by atoms with E-state index in [-0.39, 0.29) is 5.91 Å². The number of rotatable bonds is 6. The first-order valence-electron chi connectivity index (χ1n) is 9.45. The summed E-state index contributed by atoms with van der Waals surface area (Å²) in [4.78, 5) is 14.8. The lowest BCUT2D eigenvalue weighted by molar-refractivity contribution is 0.0952. The van der Waals surface area contributed by atoms with Gasteiger partial charge in [-0.05, 0) is 45.8 Å². The molecule has 0 aliphatic carbocycles. The molecule has 1 aliphatic rings. The van der Waals surface area contributed by atoms with Crippen LogP contribution in [0.15, 0.2) is 54.9 Å². The predicted octanol–water partition coefficient (Wildman–Crippen LogP) is 1.18. The molecule has 2 N–H and O–H groups in total. The second kappa shape index (κ2) is 8.62. The number of benzene rings is 2. The summed E-state index contributed by atoms with van der Waals surface area (Å²) in [6.45, 7) is 5.09. The molecule has 4 rings (SSSR count). The lowest BCUT2D eigenvalue weighted by atomic mass is 10.0. The molecule has 0 saturated carbocycles. The number of hydrogen-bond acceptors (Lipinski definition) is 6. The maximum Gasteiger partial charge on any atom is 0.251 e. The van der Waals surface area contributed by atoms with Crippen molar-refractivity contribution in [3.05, 3.63) is 60.4 Å². The van der Waals surface area contributed by atoms with E-state index in [1.165, 1.54) is 12.0 Å². The molecular formula is C20H23N7O. The summed E-state index contributed by atoms with van der Waals surface area (Å²) in [6.07, 6.45) is 1.52. The van der Waals surface area contributed by atoms with Crippen LogP contribution in [0, 0.1) is 0 Å². The van der Waals surface area contributed by atoms with E-state index in [4.69, 9.17) is 0 Å². The maximum absolute atomic E-state index is 12.4. The van der Waals surface area contributed by atoms with Crippen LogP contribution in [0.1, 0.15) is 10.4 Å². The molecule has 8 nitrogen and oxygen atoms in total. The van der Waals surface area contributed by atoms with E-state index >= 15 is 0 Å². The Kier molecular flexibility index (Phi) is 5.58. The topological polar surface area (TPSA) is 88.0 Å². The summed E-state index contributed by atoms with van der Waals surface area (Å²) in [7, 11) is 0. The van der Waals surface area contributed by atoms with Crippen LogP contribution >= 0.6 is 0 Å². The van der Waals surface area contributed by atoms with E-state index in [9.17, 15) is 4.79 Å². The van der Waals surface area contributed by atoms with Gasteiger partial charge in [0.05, 0.1) is 6.54 Å². The van der Waals surface area contributed by atoms with Crippen LogP contribution < -0.4 is 15.5 Å². The van der Waals surface area contributed by atoms with Crippen LogP contribution in [0.25, 0.3) is 11.1 Å². The quantitative estimate of drug-likeness (QED) is 0.671. The van der Waals surface area contributed by atoms with E-state index in [0.717, 1.165) is 37.3 Å². The lowest BCUT2D eigenvalue weighted by Crippen LogP contribution is -2.43. The summed E-state index contributed by atoms with van der Waals surface area (Å²) in [5, 5.41) is 17.2. The molecule has 1 amide bonds. The number of carbonyl (C=O) groups is 1. The minimum absolute atomic E-state index is 0.104. The van der Waals surface area contributed by atoms with Crippen molar-refractivity contribution in [3.8, 4) is 11.1 Å². The number of amides is 1. The van der Waals surface area contributed by atoms with Crippen molar-refractivity contribution in [2.75, 3.05) is 37.6 Å². The van der Waals surface area contributed by atoms with Gasteiger partial charge in [-0.2, -0.15) is 0 Å². The Balaban J connectivity index is 1.40. The molecule has 2 aromatic carbocycles. The molecule has 144 valence electrons. The van der Waals surface area contributed by atoms with Gasteiger partial charge in [0.2, 0.25) is 0 Å². The highest BCUT2D eigenvalue weighted by atomic mass is 16.1. The second-order valence-corrected chi connectivity index (χ2v) is 6.69. The zero-order valence-electron chi connectivity index (χ0n) is 15.6. The summed E-state index contributed by atoms with van der Waals surface area (Å²) in [6, 6.07) is 16.2. The monoisotopic (exact) mass is 377 g/mol. The highest BCUT2D eigenvalue weighted by molar-refractivity contribution is 5.95. The van der Waals surface area contributed by atoms with Crippen LogP contribution in [-0.4, -0.2) is 58.8 Å². The van der Waals surface area contributed by atoms with Crippen molar-refractivity contribution in [1.82, 2.24) is 30.8 Å². The van der Waals surface area contributed by atoms with Gasteiger partial charge in [-0.1, -0.05) is 24.3 Å². The summed E-state index contributed by atoms with van der Waals surface area (Å²) in [5.74, 6) is -0.104. The fraction of sp³-hybridized carbons (Fsp3) is 0.300. The highest BCUT2D eigenvalue weighted by Gasteiger charge is 2.11. The van der Waals surface area contributed by atoms with Gasteiger partial charge in [0.15, 0.2) is 0 Å². The summed E-state index contributed by atoms with van der Waals surface area (Å²) >= 11 is 0. The van der Waals surface area contributed by atoms with Crippen LogP contribution in [0.4, 0.5) is 5.69 Å². The molecule has 0 spiro atoms. The first-order valence-corrected chi connectivity index (χ1v) is 9.45. The van der Waals surface area contributed by atoms with Crippen LogP contribution in [0.5, 0.6) is 0 Å². The second-order valence-electron chi connectivity index (χ2n) is 6.69. The molecule has 2 heterocycles. The smallest absolute Gasteiger partial charge is 0.251 e. The van der Waals surface area contributed by atoms with E-state index in [1.807, 2.05) is 24.3 Å². The van der Waals surface area contributed by atoms with E-state index in [1.54, 1.807) is 4.68 Å². The Hall–Kier alpha value is -3.26. The first kappa shape index (κ1) is 18.1. The molecule has 1 aromatic heterocycles. The standard InChI is InChI=1S/C20H23N7O/c28-20(22-10-13-27-15-23-24-25-27)18-3-1-2-17(14-18)16-4-6-19(7-5-16)26-11-8-21-9-12-26/h1-7,14-15,21H,8-13H2,(H,22,28). The molecule has 0 radical (unpaired) electrons. The van der Waals surface area contributed by atoms with Crippen molar-refractivity contribution in [2.45, 2.75) is 6.54 Å². The Morgan fingerprint density at radius 1 is 1.07 bits per heavy atom. The molecule has 0 atom stereocenters. The summed E-state index contributed by atoms with van der Waals surface area (Å²) < 4.78 is 1.58. The number of carbonyl (C=O) groups excluding carboxylic acids is 1. The zero-order valence-corrected chi connectivity index (χ0v) is 15.6. The Bertz CT molecular complexity index is 903. The Morgan fingerprint density at radius 2 is 1.89 bits per heavy atom. The number of hydrogen-bond donors (Lipinski definition) is 2. The van der Waals surface area contributed by atoms with E-state index < -0.39 is 0 Å². The fourth-order valence-electron chi connectivity index (χ4n) is 3.30.